The van der Waals surface area contributed by atoms with Gasteiger partial charge in [-0.25, -0.2) is 4.84 Å². The monoisotopic (exact) mass is 100 g/mol. The van der Waals surface area contributed by atoms with Crippen molar-refractivity contribution in [3.05, 3.63) is 0 Å². The van der Waals surface area contributed by atoms with Gasteiger partial charge in [0.1, 0.15) is 6.61 Å². The van der Waals surface area contributed by atoms with E-state index in [9.17, 15) is 0 Å². The van der Waals surface area contributed by atoms with E-state index in [4.69, 9.17) is 5.41 Å². The average Bonchev–Trinajstić information content (AvgIpc) is 1.69. The first-order valence-electron chi connectivity index (χ1n) is 1.74. The molecule has 1 aliphatic rings. The Morgan fingerprint density at radius 1 is 1.86 bits per heavy atom. The molecule has 38 valence electrons. The van der Waals surface area contributed by atoms with E-state index in [1.54, 1.807) is 0 Å². The van der Waals surface area contributed by atoms with Gasteiger partial charge < -0.3 is 0 Å². The van der Waals surface area contributed by atoms with Crippen LogP contribution in [0.15, 0.2) is 10.3 Å². The lowest BCUT2D eigenvalue weighted by Gasteiger charge is -2.02. The Hall–Kier alpha value is -0.970. The highest BCUT2D eigenvalue weighted by molar-refractivity contribution is 5.80. The van der Waals surface area contributed by atoms with Crippen LogP contribution in [-0.2, 0) is 4.84 Å². The minimum absolute atomic E-state index is 0.138. The Kier molecular flexibility index (Phi) is 0.991. The molecule has 5 heteroatoms. The minimum Gasteiger partial charge on any atom is -0.283 e. The van der Waals surface area contributed by atoms with Gasteiger partial charge in [-0.3, -0.25) is 5.41 Å². The summed E-state index contributed by atoms with van der Waals surface area (Å²) in [5, 5.41) is 13.3. The fourth-order valence-corrected chi connectivity index (χ4v) is 0.239. The molecule has 1 aliphatic heterocycles. The standard InChI is InChI=1S/C2H4N4O/c3-2-1-7-6-5-4-2/h1H2,(H2,3,4,6). The van der Waals surface area contributed by atoms with Crippen molar-refractivity contribution in [1.29, 1.82) is 5.41 Å². The number of hydrogen-bond donors (Lipinski definition) is 2. The van der Waals surface area contributed by atoms with Crippen LogP contribution in [-0.4, -0.2) is 12.4 Å². The minimum atomic E-state index is 0.138. The highest BCUT2D eigenvalue weighted by Gasteiger charge is 1.96. The molecule has 0 aromatic carbocycles. The zero-order chi connectivity index (χ0) is 5.11. The SMILES string of the molecule is N=C1CONN=N1. The summed E-state index contributed by atoms with van der Waals surface area (Å²) in [6.45, 7) is 0.198. The molecule has 0 aromatic heterocycles. The molecule has 7 heavy (non-hydrogen) atoms. The molecule has 2 N–H and O–H groups in total. The van der Waals surface area contributed by atoms with Crippen LogP contribution in [0.5, 0.6) is 0 Å². The zero-order valence-electron chi connectivity index (χ0n) is 3.51. The lowest BCUT2D eigenvalue weighted by atomic mass is 10.7. The first kappa shape index (κ1) is 4.20. The van der Waals surface area contributed by atoms with E-state index in [1.165, 1.54) is 0 Å². The second-order valence-electron chi connectivity index (χ2n) is 1.03. The predicted octanol–water partition coefficient (Wildman–Crippen LogP) is -0.134. The maximum Gasteiger partial charge on any atom is 0.174 e. The van der Waals surface area contributed by atoms with Crippen molar-refractivity contribution in [3.8, 4) is 0 Å². The van der Waals surface area contributed by atoms with E-state index in [0.29, 0.717) is 0 Å². The number of nitrogens with zero attached hydrogens (tertiary/aromatic N) is 2. The van der Waals surface area contributed by atoms with Crippen LogP contribution in [0.3, 0.4) is 0 Å². The van der Waals surface area contributed by atoms with E-state index in [0.717, 1.165) is 0 Å². The van der Waals surface area contributed by atoms with E-state index in [1.807, 2.05) is 0 Å². The molecule has 1 rings (SSSR count). The Morgan fingerprint density at radius 2 is 2.71 bits per heavy atom. The van der Waals surface area contributed by atoms with Crippen LogP contribution in [0.25, 0.3) is 0 Å². The fourth-order valence-electron chi connectivity index (χ4n) is 0.239. The van der Waals surface area contributed by atoms with Gasteiger partial charge in [-0.05, 0) is 5.22 Å². The van der Waals surface area contributed by atoms with Crippen molar-refractivity contribution in [2.75, 3.05) is 6.61 Å². The summed E-state index contributed by atoms with van der Waals surface area (Å²) in [6.07, 6.45) is 0. The largest absolute Gasteiger partial charge is 0.283 e. The van der Waals surface area contributed by atoms with Crippen LogP contribution < -0.4 is 5.59 Å². The summed E-state index contributed by atoms with van der Waals surface area (Å²) in [6, 6.07) is 0. The van der Waals surface area contributed by atoms with Gasteiger partial charge in [-0.1, -0.05) is 0 Å². The van der Waals surface area contributed by atoms with Crippen LogP contribution >= 0.6 is 0 Å². The third-order valence-electron chi connectivity index (χ3n) is 0.485. The number of nitrogens with one attached hydrogen (secondary N) is 2. The zero-order valence-corrected chi connectivity index (χ0v) is 3.51. The molecule has 1 heterocycles. The quantitative estimate of drug-likeness (QED) is 0.445. The van der Waals surface area contributed by atoms with Gasteiger partial charge in [0.2, 0.25) is 0 Å². The van der Waals surface area contributed by atoms with E-state index in [-0.39, 0.29) is 12.4 Å². The van der Waals surface area contributed by atoms with Gasteiger partial charge >= 0.3 is 0 Å². The molecule has 0 saturated heterocycles. The normalized spacial score (nSPS) is 19.1. The molecule has 0 spiro atoms. The molecule has 0 aromatic rings. The summed E-state index contributed by atoms with van der Waals surface area (Å²) in [4.78, 5) is 4.45. The third-order valence-corrected chi connectivity index (χ3v) is 0.485. The Morgan fingerprint density at radius 3 is 3.00 bits per heavy atom. The topological polar surface area (TPSA) is 69.8 Å². The molecule has 0 atom stereocenters. The van der Waals surface area contributed by atoms with Gasteiger partial charge in [-0.2, -0.15) is 5.59 Å². The first-order chi connectivity index (χ1) is 3.39. The van der Waals surface area contributed by atoms with Crippen LogP contribution in [0.4, 0.5) is 0 Å². The van der Waals surface area contributed by atoms with E-state index in [2.05, 4.69) is 20.8 Å². The summed E-state index contributed by atoms with van der Waals surface area (Å²) in [5.74, 6) is 0.138. The Balaban J connectivity index is 2.51. The molecule has 0 fully saturated rings. The maximum absolute atomic E-state index is 6.76. The smallest absolute Gasteiger partial charge is 0.174 e. The summed E-state index contributed by atoms with van der Waals surface area (Å²) in [5.41, 5.74) is 2.13. The van der Waals surface area contributed by atoms with Crippen molar-refractivity contribution in [1.82, 2.24) is 5.59 Å². The summed E-state index contributed by atoms with van der Waals surface area (Å²) in [7, 11) is 0. The molecule has 0 unspecified atom stereocenters. The highest BCUT2D eigenvalue weighted by atomic mass is 16.7. The Bertz CT molecular complexity index is 108. The molecule has 0 aliphatic carbocycles. The molecule has 5 nitrogen and oxygen atoms in total. The van der Waals surface area contributed by atoms with Gasteiger partial charge in [0, 0.05) is 0 Å². The predicted molar refractivity (Wildman–Crippen MR) is 21.7 cm³/mol. The van der Waals surface area contributed by atoms with Gasteiger partial charge in [-0.15, -0.1) is 5.11 Å². The molecule has 0 bridgehead atoms. The van der Waals surface area contributed by atoms with Crippen molar-refractivity contribution < 1.29 is 4.84 Å². The maximum atomic E-state index is 6.76. The van der Waals surface area contributed by atoms with Gasteiger partial charge in [0.15, 0.2) is 5.84 Å². The van der Waals surface area contributed by atoms with Crippen molar-refractivity contribution in [2.45, 2.75) is 0 Å². The lowest BCUT2D eigenvalue weighted by Crippen LogP contribution is -2.18. The highest BCUT2D eigenvalue weighted by Crippen LogP contribution is 1.83. The average molecular weight is 100 g/mol. The third kappa shape index (κ3) is 0.934. The van der Waals surface area contributed by atoms with Crippen molar-refractivity contribution in [2.24, 2.45) is 10.3 Å². The van der Waals surface area contributed by atoms with Gasteiger partial charge in [0.05, 0.1) is 0 Å². The lowest BCUT2D eigenvalue weighted by molar-refractivity contribution is 0.0564. The van der Waals surface area contributed by atoms with Gasteiger partial charge in [0.25, 0.3) is 0 Å². The van der Waals surface area contributed by atoms with Crippen molar-refractivity contribution >= 4 is 5.84 Å². The number of rotatable bonds is 0. The molecule has 0 radical (unpaired) electrons. The fraction of sp³-hybridized carbons (Fsp3) is 0.500. The van der Waals surface area contributed by atoms with Crippen LogP contribution in [0.1, 0.15) is 0 Å². The molecular weight excluding hydrogens is 96.0 g/mol. The molecule has 0 saturated carbocycles. The van der Waals surface area contributed by atoms with Crippen LogP contribution in [0, 0.1) is 5.41 Å². The van der Waals surface area contributed by atoms with E-state index >= 15 is 0 Å². The van der Waals surface area contributed by atoms with Crippen LogP contribution in [0.2, 0.25) is 0 Å². The molecule has 0 amide bonds. The van der Waals surface area contributed by atoms with E-state index < -0.39 is 0 Å². The van der Waals surface area contributed by atoms with Crippen molar-refractivity contribution in [3.63, 3.8) is 0 Å². The second-order valence-corrected chi connectivity index (χ2v) is 1.03. The number of hydrogen-bond acceptors (Lipinski definition) is 4. The number of amidine groups is 1. The summed E-state index contributed by atoms with van der Waals surface area (Å²) >= 11 is 0. The first-order valence-corrected chi connectivity index (χ1v) is 1.74. The summed E-state index contributed by atoms with van der Waals surface area (Å²) < 4.78 is 0. The Labute approximate surface area is 39.8 Å². The molecular formula is C2H4N4O. The second kappa shape index (κ2) is 1.65.